The zero-order valence-corrected chi connectivity index (χ0v) is 9.68. The molecule has 0 bridgehead atoms. The molecule has 2 rings (SSSR count). The molecule has 1 atom stereocenters. The molecule has 1 aliphatic heterocycles. The first-order valence-corrected chi connectivity index (χ1v) is 5.57. The van der Waals surface area contributed by atoms with Gasteiger partial charge in [-0.2, -0.15) is 0 Å². The monoisotopic (exact) mass is 236 g/mol. The van der Waals surface area contributed by atoms with Crippen LogP contribution in [0.1, 0.15) is 16.8 Å². The minimum absolute atomic E-state index is 0.112. The van der Waals surface area contributed by atoms with Crippen molar-refractivity contribution in [1.29, 1.82) is 0 Å². The minimum atomic E-state index is -0.267. The van der Waals surface area contributed by atoms with Crippen LogP contribution in [-0.2, 0) is 0 Å². The first-order chi connectivity index (χ1) is 8.04. The van der Waals surface area contributed by atoms with Crippen LogP contribution in [0.25, 0.3) is 0 Å². The van der Waals surface area contributed by atoms with Crippen LogP contribution in [0.4, 0.5) is 0 Å². The van der Waals surface area contributed by atoms with E-state index >= 15 is 0 Å². The van der Waals surface area contributed by atoms with Crippen molar-refractivity contribution in [2.75, 3.05) is 20.1 Å². The number of hydrogen-bond acceptors (Lipinski definition) is 4. The predicted molar refractivity (Wildman–Crippen MR) is 63.1 cm³/mol. The Bertz CT molecular complexity index is 414. The van der Waals surface area contributed by atoms with Crippen LogP contribution in [-0.4, -0.2) is 47.2 Å². The summed E-state index contributed by atoms with van der Waals surface area (Å²) in [4.78, 5) is 14.0. The van der Waals surface area contributed by atoms with Gasteiger partial charge in [0.2, 0.25) is 0 Å². The number of nitrogens with one attached hydrogen (secondary N) is 1. The number of phenols is 2. The second-order valence-corrected chi connectivity index (χ2v) is 4.46. The van der Waals surface area contributed by atoms with Crippen LogP contribution >= 0.6 is 0 Å². The summed E-state index contributed by atoms with van der Waals surface area (Å²) in [6.07, 6.45) is 0.924. The van der Waals surface area contributed by atoms with E-state index in [0.29, 0.717) is 0 Å². The number of amides is 1. The molecule has 1 unspecified atom stereocenters. The number of likely N-dealkylation sites (tertiary alicyclic amines) is 1. The van der Waals surface area contributed by atoms with Gasteiger partial charge in [0.15, 0.2) is 0 Å². The van der Waals surface area contributed by atoms with Crippen LogP contribution < -0.4 is 5.32 Å². The van der Waals surface area contributed by atoms with Gasteiger partial charge in [-0.15, -0.1) is 0 Å². The van der Waals surface area contributed by atoms with Crippen molar-refractivity contribution < 1.29 is 15.0 Å². The van der Waals surface area contributed by atoms with Crippen molar-refractivity contribution in [3.63, 3.8) is 0 Å². The maximum atomic E-state index is 11.9. The SMILES string of the molecule is CN1CCC(NC(=O)c2cc(O)cc(O)c2)C1. The molecule has 1 aromatic rings. The summed E-state index contributed by atoms with van der Waals surface area (Å²) in [6, 6.07) is 4.01. The molecule has 5 nitrogen and oxygen atoms in total. The van der Waals surface area contributed by atoms with Gasteiger partial charge < -0.3 is 20.4 Å². The first kappa shape index (κ1) is 11.7. The van der Waals surface area contributed by atoms with Gasteiger partial charge in [-0.1, -0.05) is 0 Å². The number of carbonyl (C=O) groups excluding carboxylic acids is 1. The Morgan fingerprint density at radius 2 is 2.00 bits per heavy atom. The van der Waals surface area contributed by atoms with E-state index in [1.165, 1.54) is 18.2 Å². The highest BCUT2D eigenvalue weighted by molar-refractivity contribution is 5.95. The van der Waals surface area contributed by atoms with Gasteiger partial charge in [0.25, 0.3) is 5.91 Å². The standard InChI is InChI=1S/C12H16N2O3/c1-14-3-2-9(7-14)13-12(17)8-4-10(15)6-11(16)5-8/h4-6,9,15-16H,2-3,7H2,1H3,(H,13,17). The lowest BCUT2D eigenvalue weighted by atomic mass is 10.1. The number of rotatable bonds is 2. The van der Waals surface area contributed by atoms with Crippen LogP contribution in [0.15, 0.2) is 18.2 Å². The van der Waals surface area contributed by atoms with Crippen LogP contribution in [0.2, 0.25) is 0 Å². The van der Waals surface area contributed by atoms with Gasteiger partial charge in [-0.05, 0) is 32.1 Å². The zero-order valence-electron chi connectivity index (χ0n) is 9.68. The second-order valence-electron chi connectivity index (χ2n) is 4.46. The lowest BCUT2D eigenvalue weighted by Crippen LogP contribution is -2.36. The van der Waals surface area contributed by atoms with E-state index in [1.807, 2.05) is 7.05 Å². The maximum absolute atomic E-state index is 11.9. The summed E-state index contributed by atoms with van der Waals surface area (Å²) in [6.45, 7) is 1.80. The van der Waals surface area contributed by atoms with Gasteiger partial charge in [-0.25, -0.2) is 0 Å². The Balaban J connectivity index is 2.04. The Hall–Kier alpha value is -1.75. The van der Waals surface area contributed by atoms with E-state index in [-0.39, 0.29) is 29.0 Å². The molecule has 0 saturated carbocycles. The summed E-state index contributed by atoms with van der Waals surface area (Å²) in [5.74, 6) is -0.492. The Labute approximate surface area is 99.7 Å². The molecule has 5 heteroatoms. The number of phenolic OH excluding ortho intramolecular Hbond substituents is 2. The summed E-state index contributed by atoms with van der Waals surface area (Å²) in [5.41, 5.74) is 0.275. The molecule has 0 aliphatic carbocycles. The molecule has 92 valence electrons. The smallest absolute Gasteiger partial charge is 0.251 e. The maximum Gasteiger partial charge on any atom is 0.251 e. The lowest BCUT2D eigenvalue weighted by molar-refractivity contribution is 0.0937. The van der Waals surface area contributed by atoms with E-state index in [2.05, 4.69) is 10.2 Å². The Kier molecular flexibility index (Phi) is 3.19. The number of benzene rings is 1. The minimum Gasteiger partial charge on any atom is -0.508 e. The molecule has 17 heavy (non-hydrogen) atoms. The van der Waals surface area contributed by atoms with Crippen molar-refractivity contribution in [3.8, 4) is 11.5 Å². The van der Waals surface area contributed by atoms with Gasteiger partial charge >= 0.3 is 0 Å². The molecule has 1 fully saturated rings. The molecule has 3 N–H and O–H groups in total. The van der Waals surface area contributed by atoms with Crippen LogP contribution in [0, 0.1) is 0 Å². The molecular formula is C12H16N2O3. The number of hydrogen-bond donors (Lipinski definition) is 3. The van der Waals surface area contributed by atoms with E-state index in [0.717, 1.165) is 19.5 Å². The fourth-order valence-electron chi connectivity index (χ4n) is 2.05. The average Bonchev–Trinajstić information content (AvgIpc) is 2.62. The van der Waals surface area contributed by atoms with Crippen molar-refractivity contribution in [2.45, 2.75) is 12.5 Å². The van der Waals surface area contributed by atoms with Gasteiger partial charge in [-0.3, -0.25) is 4.79 Å². The largest absolute Gasteiger partial charge is 0.508 e. The van der Waals surface area contributed by atoms with Gasteiger partial charge in [0.1, 0.15) is 11.5 Å². The molecule has 0 radical (unpaired) electrons. The van der Waals surface area contributed by atoms with Crippen LogP contribution in [0.5, 0.6) is 11.5 Å². The molecule has 1 aromatic carbocycles. The third-order valence-electron chi connectivity index (χ3n) is 2.89. The van der Waals surface area contributed by atoms with E-state index < -0.39 is 0 Å². The summed E-state index contributed by atoms with van der Waals surface area (Å²) in [7, 11) is 2.01. The predicted octanol–water partition coefficient (Wildman–Crippen LogP) is 0.532. The summed E-state index contributed by atoms with van der Waals surface area (Å²) < 4.78 is 0. The van der Waals surface area contributed by atoms with E-state index in [1.54, 1.807) is 0 Å². The Morgan fingerprint density at radius 1 is 1.35 bits per heavy atom. The molecule has 1 amide bonds. The fourth-order valence-corrected chi connectivity index (χ4v) is 2.05. The molecule has 0 spiro atoms. The van der Waals surface area contributed by atoms with Gasteiger partial charge in [0.05, 0.1) is 0 Å². The molecule has 0 aromatic heterocycles. The lowest BCUT2D eigenvalue weighted by Gasteiger charge is -2.13. The molecule has 1 aliphatic rings. The normalized spacial score (nSPS) is 20.4. The molecule has 1 heterocycles. The summed E-state index contributed by atoms with van der Waals surface area (Å²) >= 11 is 0. The third kappa shape index (κ3) is 2.88. The molecular weight excluding hydrogens is 220 g/mol. The molecule has 1 saturated heterocycles. The fraction of sp³-hybridized carbons (Fsp3) is 0.417. The highest BCUT2D eigenvalue weighted by Crippen LogP contribution is 2.20. The highest BCUT2D eigenvalue weighted by Gasteiger charge is 2.21. The topological polar surface area (TPSA) is 72.8 Å². The van der Waals surface area contributed by atoms with Crippen molar-refractivity contribution in [3.05, 3.63) is 23.8 Å². The highest BCUT2D eigenvalue weighted by atomic mass is 16.3. The number of aromatic hydroxyl groups is 2. The van der Waals surface area contributed by atoms with Gasteiger partial charge in [0, 0.05) is 24.2 Å². The van der Waals surface area contributed by atoms with E-state index in [4.69, 9.17) is 0 Å². The van der Waals surface area contributed by atoms with Crippen molar-refractivity contribution >= 4 is 5.91 Å². The van der Waals surface area contributed by atoms with Crippen molar-refractivity contribution in [1.82, 2.24) is 10.2 Å². The quantitative estimate of drug-likeness (QED) is 0.700. The number of likely N-dealkylation sites (N-methyl/N-ethyl adjacent to an activating group) is 1. The Morgan fingerprint density at radius 3 is 2.53 bits per heavy atom. The number of carbonyl (C=O) groups is 1. The van der Waals surface area contributed by atoms with Crippen LogP contribution in [0.3, 0.4) is 0 Å². The zero-order chi connectivity index (χ0) is 12.4. The third-order valence-corrected chi connectivity index (χ3v) is 2.89. The summed E-state index contributed by atoms with van der Waals surface area (Å²) in [5, 5.41) is 21.5. The first-order valence-electron chi connectivity index (χ1n) is 5.57. The average molecular weight is 236 g/mol. The number of nitrogens with zero attached hydrogens (tertiary/aromatic N) is 1. The van der Waals surface area contributed by atoms with Crippen molar-refractivity contribution in [2.24, 2.45) is 0 Å². The van der Waals surface area contributed by atoms with E-state index in [9.17, 15) is 15.0 Å². The second kappa shape index (κ2) is 4.63.